The highest BCUT2D eigenvalue weighted by Gasteiger charge is 2.32. The van der Waals surface area contributed by atoms with Gasteiger partial charge in [-0.2, -0.15) is 0 Å². The second kappa shape index (κ2) is 11.7. The van der Waals surface area contributed by atoms with E-state index in [2.05, 4.69) is 40.3 Å². The summed E-state index contributed by atoms with van der Waals surface area (Å²) in [5, 5.41) is 5.84. The summed E-state index contributed by atoms with van der Waals surface area (Å²) >= 11 is 5.42. The van der Waals surface area contributed by atoms with Crippen molar-refractivity contribution in [1.82, 2.24) is 24.9 Å². The molecule has 0 saturated carbocycles. The monoisotopic (exact) mass is 559 g/mol. The van der Waals surface area contributed by atoms with Gasteiger partial charge in [-0.05, 0) is 48.5 Å². The van der Waals surface area contributed by atoms with Gasteiger partial charge in [0.1, 0.15) is 41.2 Å². The quantitative estimate of drug-likeness (QED) is 0.162. The molecule has 0 aliphatic carbocycles. The molecule has 0 atom stereocenters. The van der Waals surface area contributed by atoms with Crippen LogP contribution in [0.1, 0.15) is 10.4 Å². The first-order chi connectivity index (χ1) is 18.7. The SMILES string of the molecule is CNc1cc(Nc2ncccc2-c2ncnc3nc[nH]c23)ccc1F.O=Cc1ccc(Cl)c(OC(F)(F)F)c1. The second-order valence-electron chi connectivity index (χ2n) is 7.65. The molecular weight excluding hydrogens is 542 g/mol. The van der Waals surface area contributed by atoms with Crippen LogP contribution in [0.4, 0.5) is 34.8 Å². The van der Waals surface area contributed by atoms with E-state index >= 15 is 0 Å². The number of aromatic amines is 1. The molecule has 0 bridgehead atoms. The highest BCUT2D eigenvalue weighted by molar-refractivity contribution is 6.32. The first kappa shape index (κ1) is 27.3. The van der Waals surface area contributed by atoms with Crippen LogP contribution in [-0.2, 0) is 0 Å². The molecule has 0 radical (unpaired) electrons. The molecule has 0 aliphatic heterocycles. The Bertz CT molecular complexity index is 1610. The first-order valence-electron chi connectivity index (χ1n) is 11.0. The Morgan fingerprint density at radius 3 is 2.62 bits per heavy atom. The van der Waals surface area contributed by atoms with Crippen LogP contribution in [0.3, 0.4) is 0 Å². The Morgan fingerprint density at radius 1 is 1.05 bits per heavy atom. The lowest BCUT2D eigenvalue weighted by Crippen LogP contribution is -2.17. The molecule has 0 spiro atoms. The molecule has 3 aromatic heterocycles. The van der Waals surface area contributed by atoms with Gasteiger partial charge >= 0.3 is 6.36 Å². The number of alkyl halides is 3. The number of H-pyrrole nitrogens is 1. The number of carbonyl (C=O) groups excluding carboxylic acids is 1. The third-order valence-corrected chi connectivity index (χ3v) is 5.41. The number of aldehydes is 1. The standard InChI is InChI=1S/C17H14FN7.C8H4ClF3O2/c1-19-13-7-10(4-5-12(13)18)25-16-11(3-2-6-20-16)14-15-17(23-8-21-14)24-9-22-15;9-6-2-1-5(4-13)3-7(6)14-8(10,11)12/h2-9,19H,1H3,(H,20,25)(H,21,22,23,24);1-4H. The molecule has 0 saturated heterocycles. The van der Waals surface area contributed by atoms with Gasteiger partial charge in [-0.1, -0.05) is 11.6 Å². The summed E-state index contributed by atoms with van der Waals surface area (Å²) in [5.41, 5.74) is 3.96. The predicted octanol–water partition coefficient (Wildman–Crippen LogP) is 6.39. The van der Waals surface area contributed by atoms with E-state index in [1.807, 2.05) is 12.1 Å². The molecule has 39 heavy (non-hydrogen) atoms. The maximum absolute atomic E-state index is 13.7. The normalized spacial score (nSPS) is 10.9. The number of imidazole rings is 1. The molecule has 0 unspecified atom stereocenters. The van der Waals surface area contributed by atoms with Gasteiger partial charge in [-0.3, -0.25) is 4.79 Å². The number of fused-ring (bicyclic) bond motifs is 1. The van der Waals surface area contributed by atoms with Crippen LogP contribution < -0.4 is 15.4 Å². The van der Waals surface area contributed by atoms with Crippen molar-refractivity contribution in [3.63, 3.8) is 0 Å². The largest absolute Gasteiger partial charge is 0.573 e. The zero-order valence-corrected chi connectivity index (χ0v) is 20.7. The third-order valence-electron chi connectivity index (χ3n) is 5.10. The summed E-state index contributed by atoms with van der Waals surface area (Å²) in [6, 6.07) is 11.8. The molecule has 3 heterocycles. The molecule has 9 nitrogen and oxygen atoms in total. The van der Waals surface area contributed by atoms with E-state index in [1.165, 1.54) is 18.5 Å². The van der Waals surface area contributed by atoms with Gasteiger partial charge in [0.2, 0.25) is 0 Å². The number of rotatable bonds is 6. The number of ether oxygens (including phenoxy) is 1. The number of aromatic nitrogens is 5. The highest BCUT2D eigenvalue weighted by atomic mass is 35.5. The van der Waals surface area contributed by atoms with Crippen molar-refractivity contribution >= 4 is 46.2 Å². The van der Waals surface area contributed by atoms with Crippen LogP contribution in [-0.4, -0.2) is 44.6 Å². The van der Waals surface area contributed by atoms with Crippen molar-refractivity contribution in [2.45, 2.75) is 6.36 Å². The Morgan fingerprint density at radius 2 is 1.87 bits per heavy atom. The minimum absolute atomic E-state index is 0.0636. The lowest BCUT2D eigenvalue weighted by molar-refractivity contribution is -0.274. The van der Waals surface area contributed by atoms with Gasteiger partial charge in [0.05, 0.1) is 17.0 Å². The fraction of sp³-hybridized carbons (Fsp3) is 0.0800. The fourth-order valence-electron chi connectivity index (χ4n) is 3.39. The van der Waals surface area contributed by atoms with E-state index < -0.39 is 12.1 Å². The number of hydrogen-bond donors (Lipinski definition) is 3. The zero-order valence-electron chi connectivity index (χ0n) is 19.9. The summed E-state index contributed by atoms with van der Waals surface area (Å²) in [7, 11) is 1.67. The number of halogens is 5. The number of carbonyl (C=O) groups is 1. The molecular formula is C25H18ClF4N7O2. The lowest BCUT2D eigenvalue weighted by atomic mass is 10.1. The van der Waals surface area contributed by atoms with Gasteiger partial charge in [-0.25, -0.2) is 24.3 Å². The van der Waals surface area contributed by atoms with E-state index in [0.717, 1.165) is 23.2 Å². The molecule has 0 aliphatic rings. The fourth-order valence-corrected chi connectivity index (χ4v) is 3.55. The molecule has 14 heteroatoms. The van der Waals surface area contributed by atoms with Crippen LogP contribution in [0.5, 0.6) is 5.75 Å². The highest BCUT2D eigenvalue weighted by Crippen LogP contribution is 2.32. The van der Waals surface area contributed by atoms with Crippen molar-refractivity contribution in [2.75, 3.05) is 17.7 Å². The molecule has 200 valence electrons. The van der Waals surface area contributed by atoms with Gasteiger partial charge in [0, 0.05) is 30.1 Å². The molecule has 0 fully saturated rings. The number of pyridine rings is 1. The van der Waals surface area contributed by atoms with Gasteiger partial charge in [0.15, 0.2) is 5.65 Å². The average Bonchev–Trinajstić information content (AvgIpc) is 3.40. The van der Waals surface area contributed by atoms with E-state index in [0.29, 0.717) is 34.8 Å². The molecule has 0 amide bonds. The lowest BCUT2D eigenvalue weighted by Gasteiger charge is -2.12. The Kier molecular flexibility index (Phi) is 8.20. The van der Waals surface area contributed by atoms with E-state index in [9.17, 15) is 22.4 Å². The smallest absolute Gasteiger partial charge is 0.404 e. The molecule has 3 N–H and O–H groups in total. The third kappa shape index (κ3) is 6.76. The van der Waals surface area contributed by atoms with Gasteiger partial charge < -0.3 is 20.4 Å². The van der Waals surface area contributed by atoms with Crippen LogP contribution in [0.2, 0.25) is 5.02 Å². The second-order valence-corrected chi connectivity index (χ2v) is 8.06. The minimum atomic E-state index is -4.81. The topological polar surface area (TPSA) is 118 Å². The maximum Gasteiger partial charge on any atom is 0.573 e. The summed E-state index contributed by atoms with van der Waals surface area (Å²) in [6.45, 7) is 0. The van der Waals surface area contributed by atoms with E-state index in [4.69, 9.17) is 11.6 Å². The van der Waals surface area contributed by atoms with Crippen LogP contribution in [0, 0.1) is 5.82 Å². The van der Waals surface area contributed by atoms with Crippen molar-refractivity contribution in [3.05, 3.63) is 83.8 Å². The Labute approximate surface area is 223 Å². The van der Waals surface area contributed by atoms with Gasteiger partial charge in [-0.15, -0.1) is 13.2 Å². The maximum atomic E-state index is 13.7. The van der Waals surface area contributed by atoms with E-state index in [-0.39, 0.29) is 16.4 Å². The zero-order chi connectivity index (χ0) is 28.0. The number of anilines is 3. The van der Waals surface area contributed by atoms with Crippen molar-refractivity contribution in [2.24, 2.45) is 0 Å². The molecule has 5 aromatic rings. The number of benzene rings is 2. The summed E-state index contributed by atoms with van der Waals surface area (Å²) in [5.74, 6) is -0.293. The predicted molar refractivity (Wildman–Crippen MR) is 138 cm³/mol. The summed E-state index contributed by atoms with van der Waals surface area (Å²) in [6.07, 6.45) is 0.308. The Balaban J connectivity index is 0.000000215. The van der Waals surface area contributed by atoms with Crippen molar-refractivity contribution in [1.29, 1.82) is 0 Å². The number of hydrogen-bond acceptors (Lipinski definition) is 8. The Hall–Kier alpha value is -4.78. The van der Waals surface area contributed by atoms with E-state index in [1.54, 1.807) is 31.7 Å². The first-order valence-corrected chi connectivity index (χ1v) is 11.4. The number of nitrogens with zero attached hydrogens (tertiary/aromatic N) is 4. The number of nitrogens with one attached hydrogen (secondary N) is 3. The molecule has 2 aromatic carbocycles. The molecule has 5 rings (SSSR count). The summed E-state index contributed by atoms with van der Waals surface area (Å²) in [4.78, 5) is 30.4. The van der Waals surface area contributed by atoms with Crippen LogP contribution in [0.15, 0.2) is 67.4 Å². The summed E-state index contributed by atoms with van der Waals surface area (Å²) < 4.78 is 52.6. The van der Waals surface area contributed by atoms with Crippen LogP contribution in [0.25, 0.3) is 22.4 Å². The van der Waals surface area contributed by atoms with Crippen LogP contribution >= 0.6 is 11.6 Å². The van der Waals surface area contributed by atoms with Gasteiger partial charge in [0.25, 0.3) is 0 Å². The average molecular weight is 560 g/mol. The van der Waals surface area contributed by atoms with Crippen molar-refractivity contribution < 1.29 is 27.1 Å². The minimum Gasteiger partial charge on any atom is -0.404 e. The van der Waals surface area contributed by atoms with Crippen molar-refractivity contribution in [3.8, 4) is 17.0 Å².